The van der Waals surface area contributed by atoms with Gasteiger partial charge in [-0.2, -0.15) is 0 Å². The summed E-state index contributed by atoms with van der Waals surface area (Å²) in [7, 11) is 1.90. The molecule has 1 aromatic heterocycles. The molecule has 2 rings (SSSR count). The van der Waals surface area contributed by atoms with Crippen molar-refractivity contribution in [1.29, 1.82) is 0 Å². The molecule has 2 heterocycles. The lowest BCUT2D eigenvalue weighted by molar-refractivity contribution is -0.0254. The summed E-state index contributed by atoms with van der Waals surface area (Å²) in [6.45, 7) is 7.87. The molecule has 0 amide bonds. The zero-order valence-electron chi connectivity index (χ0n) is 10.6. The van der Waals surface area contributed by atoms with E-state index in [9.17, 15) is 0 Å². The van der Waals surface area contributed by atoms with Gasteiger partial charge in [-0.05, 0) is 6.54 Å². The third-order valence-electron chi connectivity index (χ3n) is 3.16. The van der Waals surface area contributed by atoms with Crippen molar-refractivity contribution >= 4 is 0 Å². The molecule has 0 saturated carbocycles. The molecule has 1 N–H and O–H groups in total. The SMILES string of the molecule is CCN1CCOC(CNCc2cnnn2C)C1. The number of likely N-dealkylation sites (N-methyl/N-ethyl adjacent to an activating group) is 1. The van der Waals surface area contributed by atoms with E-state index in [0.717, 1.165) is 45.0 Å². The van der Waals surface area contributed by atoms with Gasteiger partial charge in [0, 0.05) is 33.2 Å². The zero-order chi connectivity index (χ0) is 12.1. The Morgan fingerprint density at radius 1 is 1.59 bits per heavy atom. The minimum absolute atomic E-state index is 0.296. The van der Waals surface area contributed by atoms with E-state index >= 15 is 0 Å². The molecule has 0 radical (unpaired) electrons. The van der Waals surface area contributed by atoms with Crippen LogP contribution in [0, 0.1) is 0 Å². The van der Waals surface area contributed by atoms with Crippen LogP contribution in [0.15, 0.2) is 6.20 Å². The molecule has 1 atom stereocenters. The molecule has 1 aromatic rings. The third-order valence-corrected chi connectivity index (χ3v) is 3.16. The molecular formula is C11H21N5O. The van der Waals surface area contributed by atoms with Gasteiger partial charge in [-0.3, -0.25) is 9.58 Å². The molecule has 1 aliphatic rings. The average molecular weight is 239 g/mol. The molecule has 1 fully saturated rings. The van der Waals surface area contributed by atoms with Crippen molar-refractivity contribution in [2.24, 2.45) is 7.05 Å². The van der Waals surface area contributed by atoms with Gasteiger partial charge in [-0.1, -0.05) is 12.1 Å². The lowest BCUT2D eigenvalue weighted by atomic mass is 10.2. The van der Waals surface area contributed by atoms with Crippen LogP contribution in [0.5, 0.6) is 0 Å². The maximum Gasteiger partial charge on any atom is 0.0826 e. The number of aromatic nitrogens is 3. The van der Waals surface area contributed by atoms with Crippen molar-refractivity contribution in [3.63, 3.8) is 0 Å². The van der Waals surface area contributed by atoms with Gasteiger partial charge < -0.3 is 10.1 Å². The van der Waals surface area contributed by atoms with E-state index in [2.05, 4.69) is 27.5 Å². The van der Waals surface area contributed by atoms with Gasteiger partial charge in [0.15, 0.2) is 0 Å². The van der Waals surface area contributed by atoms with Crippen molar-refractivity contribution < 1.29 is 4.74 Å². The summed E-state index contributed by atoms with van der Waals surface area (Å²) >= 11 is 0. The number of nitrogens with one attached hydrogen (secondary N) is 1. The predicted molar refractivity (Wildman–Crippen MR) is 64.6 cm³/mol. The summed E-state index contributed by atoms with van der Waals surface area (Å²) in [4.78, 5) is 2.42. The van der Waals surface area contributed by atoms with Crippen LogP contribution in [0.25, 0.3) is 0 Å². The summed E-state index contributed by atoms with van der Waals surface area (Å²) in [6, 6.07) is 0. The van der Waals surface area contributed by atoms with Gasteiger partial charge in [0.1, 0.15) is 0 Å². The van der Waals surface area contributed by atoms with Gasteiger partial charge in [0.25, 0.3) is 0 Å². The largest absolute Gasteiger partial charge is 0.374 e. The van der Waals surface area contributed by atoms with Gasteiger partial charge in [-0.15, -0.1) is 5.10 Å². The first-order valence-electron chi connectivity index (χ1n) is 6.18. The fraction of sp³-hybridized carbons (Fsp3) is 0.818. The standard InChI is InChI=1S/C11H21N5O/c1-3-16-4-5-17-11(9-16)8-12-6-10-7-13-14-15(10)2/h7,11-12H,3-6,8-9H2,1-2H3. The number of rotatable bonds is 5. The second-order valence-electron chi connectivity index (χ2n) is 4.37. The fourth-order valence-corrected chi connectivity index (χ4v) is 2.02. The predicted octanol–water partition coefficient (Wildman–Crippen LogP) is -0.375. The van der Waals surface area contributed by atoms with Crippen LogP contribution in [0.1, 0.15) is 12.6 Å². The monoisotopic (exact) mass is 239 g/mol. The first kappa shape index (κ1) is 12.5. The lowest BCUT2D eigenvalue weighted by Gasteiger charge is -2.32. The first-order chi connectivity index (χ1) is 8.29. The number of morpholine rings is 1. The van der Waals surface area contributed by atoms with Crippen LogP contribution >= 0.6 is 0 Å². The van der Waals surface area contributed by atoms with Crippen LogP contribution in [0.3, 0.4) is 0 Å². The number of ether oxygens (including phenoxy) is 1. The van der Waals surface area contributed by atoms with Gasteiger partial charge >= 0.3 is 0 Å². The molecule has 1 aliphatic heterocycles. The molecule has 6 nitrogen and oxygen atoms in total. The summed E-state index contributed by atoms with van der Waals surface area (Å²) in [5.41, 5.74) is 1.09. The molecule has 0 spiro atoms. The van der Waals surface area contributed by atoms with Crippen molar-refractivity contribution in [3.05, 3.63) is 11.9 Å². The Bertz CT molecular complexity index is 340. The Morgan fingerprint density at radius 3 is 3.18 bits per heavy atom. The van der Waals surface area contributed by atoms with Crippen LogP contribution in [-0.4, -0.2) is 58.8 Å². The van der Waals surface area contributed by atoms with Gasteiger partial charge in [0.2, 0.25) is 0 Å². The van der Waals surface area contributed by atoms with Gasteiger partial charge in [0.05, 0.1) is 24.6 Å². The maximum absolute atomic E-state index is 5.72. The number of nitrogens with zero attached hydrogens (tertiary/aromatic N) is 4. The van der Waals surface area contributed by atoms with E-state index in [1.807, 2.05) is 7.05 Å². The quantitative estimate of drug-likeness (QED) is 0.759. The smallest absolute Gasteiger partial charge is 0.0826 e. The van der Waals surface area contributed by atoms with Crippen molar-refractivity contribution in [1.82, 2.24) is 25.2 Å². The fourth-order valence-electron chi connectivity index (χ4n) is 2.02. The zero-order valence-corrected chi connectivity index (χ0v) is 10.6. The maximum atomic E-state index is 5.72. The molecule has 1 saturated heterocycles. The number of hydrogen-bond donors (Lipinski definition) is 1. The molecule has 1 unspecified atom stereocenters. The summed E-state index contributed by atoms with van der Waals surface area (Å²) in [5, 5.41) is 11.1. The van der Waals surface area contributed by atoms with Crippen LogP contribution < -0.4 is 5.32 Å². The second-order valence-corrected chi connectivity index (χ2v) is 4.37. The summed E-state index contributed by atoms with van der Waals surface area (Å²) in [6.07, 6.45) is 2.08. The van der Waals surface area contributed by atoms with E-state index < -0.39 is 0 Å². The molecule has 0 aliphatic carbocycles. The Hall–Kier alpha value is -0.980. The second kappa shape index (κ2) is 6.09. The topological polar surface area (TPSA) is 55.2 Å². The first-order valence-corrected chi connectivity index (χ1v) is 6.18. The van der Waals surface area contributed by atoms with Crippen LogP contribution in [-0.2, 0) is 18.3 Å². The molecule has 17 heavy (non-hydrogen) atoms. The van der Waals surface area contributed by atoms with Crippen molar-refractivity contribution in [2.75, 3.05) is 32.8 Å². The van der Waals surface area contributed by atoms with E-state index in [-0.39, 0.29) is 0 Å². The third kappa shape index (κ3) is 3.49. The van der Waals surface area contributed by atoms with E-state index in [1.54, 1.807) is 10.9 Å². The Morgan fingerprint density at radius 2 is 2.47 bits per heavy atom. The highest BCUT2D eigenvalue weighted by atomic mass is 16.5. The summed E-state index contributed by atoms with van der Waals surface area (Å²) in [5.74, 6) is 0. The Labute approximate surface area is 102 Å². The highest BCUT2D eigenvalue weighted by molar-refractivity contribution is 4.92. The number of hydrogen-bond acceptors (Lipinski definition) is 5. The Kier molecular flexibility index (Phi) is 4.47. The molecular weight excluding hydrogens is 218 g/mol. The highest BCUT2D eigenvalue weighted by Gasteiger charge is 2.18. The molecule has 6 heteroatoms. The summed E-state index contributed by atoms with van der Waals surface area (Å²) < 4.78 is 7.50. The lowest BCUT2D eigenvalue weighted by Crippen LogP contribution is -2.46. The Balaban J connectivity index is 1.70. The minimum Gasteiger partial charge on any atom is -0.374 e. The van der Waals surface area contributed by atoms with E-state index in [4.69, 9.17) is 4.74 Å². The number of aryl methyl sites for hydroxylation is 1. The molecule has 0 bridgehead atoms. The van der Waals surface area contributed by atoms with Crippen LogP contribution in [0.4, 0.5) is 0 Å². The van der Waals surface area contributed by atoms with E-state index in [0.29, 0.717) is 6.10 Å². The van der Waals surface area contributed by atoms with Crippen LogP contribution in [0.2, 0.25) is 0 Å². The normalized spacial score (nSPS) is 21.9. The van der Waals surface area contributed by atoms with Crippen molar-refractivity contribution in [3.8, 4) is 0 Å². The molecule has 96 valence electrons. The average Bonchev–Trinajstić information content (AvgIpc) is 2.76. The van der Waals surface area contributed by atoms with E-state index in [1.165, 1.54) is 0 Å². The van der Waals surface area contributed by atoms with Gasteiger partial charge in [-0.25, -0.2) is 0 Å². The highest BCUT2D eigenvalue weighted by Crippen LogP contribution is 2.04. The van der Waals surface area contributed by atoms with Crippen molar-refractivity contribution in [2.45, 2.75) is 19.6 Å². The molecule has 0 aromatic carbocycles. The minimum atomic E-state index is 0.296.